The Bertz CT molecular complexity index is 438. The van der Waals surface area contributed by atoms with Crippen LogP contribution in [0.5, 0.6) is 0 Å². The molecule has 0 bridgehead atoms. The first-order valence-electron chi connectivity index (χ1n) is 6.13. The summed E-state index contributed by atoms with van der Waals surface area (Å²) in [5, 5.41) is 0. The third-order valence-corrected chi connectivity index (χ3v) is 2.97. The van der Waals surface area contributed by atoms with E-state index in [1.165, 1.54) is 12.2 Å². The van der Waals surface area contributed by atoms with E-state index in [1.807, 2.05) is 13.8 Å². The Labute approximate surface area is 106 Å². The summed E-state index contributed by atoms with van der Waals surface area (Å²) in [7, 11) is 0. The van der Waals surface area contributed by atoms with Crippen LogP contribution in [0.2, 0.25) is 0 Å². The van der Waals surface area contributed by atoms with Gasteiger partial charge in [0, 0.05) is 24.0 Å². The lowest BCUT2D eigenvalue weighted by Crippen LogP contribution is -2.21. The van der Waals surface area contributed by atoms with Crippen LogP contribution in [0.25, 0.3) is 0 Å². The second kappa shape index (κ2) is 5.21. The first-order valence-corrected chi connectivity index (χ1v) is 6.13. The Morgan fingerprint density at radius 3 is 1.61 bits per heavy atom. The van der Waals surface area contributed by atoms with Gasteiger partial charge in [-0.05, 0) is 26.0 Å². The molecule has 2 aliphatic carbocycles. The topological polar surface area (TPSA) is 52.6 Å². The molecule has 2 aliphatic rings. The monoisotopic (exact) mass is 248 g/mol. The fraction of sp³-hybridized carbons (Fsp3) is 0.429. The fourth-order valence-electron chi connectivity index (χ4n) is 2.17. The number of hydrogen-bond acceptors (Lipinski definition) is 4. The standard InChI is InChI=1S/C14H16O4/c1-3-17-13-7-9-10(8-14(13)18-4-2)12(16)6-5-11(9)15/h5-6H,3-4,7-8H2,1-2H3. The van der Waals surface area contributed by atoms with Gasteiger partial charge in [0.1, 0.15) is 11.5 Å². The second-order valence-electron chi connectivity index (χ2n) is 4.08. The van der Waals surface area contributed by atoms with Crippen LogP contribution >= 0.6 is 0 Å². The first kappa shape index (κ1) is 12.6. The first-order chi connectivity index (χ1) is 8.67. The highest BCUT2D eigenvalue weighted by Gasteiger charge is 2.30. The molecule has 18 heavy (non-hydrogen) atoms. The zero-order valence-electron chi connectivity index (χ0n) is 10.6. The maximum Gasteiger partial charge on any atom is 0.182 e. The van der Waals surface area contributed by atoms with E-state index in [0.29, 0.717) is 48.7 Å². The minimum Gasteiger partial charge on any atom is -0.494 e. The Hall–Kier alpha value is -1.84. The number of ether oxygens (including phenoxy) is 2. The minimum atomic E-state index is -0.0997. The lowest BCUT2D eigenvalue weighted by Gasteiger charge is -2.24. The molecule has 0 atom stereocenters. The van der Waals surface area contributed by atoms with Gasteiger partial charge < -0.3 is 9.47 Å². The Kier molecular flexibility index (Phi) is 3.65. The average molecular weight is 248 g/mol. The van der Waals surface area contributed by atoms with Crippen molar-refractivity contribution in [1.29, 1.82) is 0 Å². The fourth-order valence-corrected chi connectivity index (χ4v) is 2.17. The van der Waals surface area contributed by atoms with Gasteiger partial charge in [0.2, 0.25) is 0 Å². The van der Waals surface area contributed by atoms with Crippen molar-refractivity contribution in [3.8, 4) is 0 Å². The van der Waals surface area contributed by atoms with Crippen LogP contribution < -0.4 is 0 Å². The maximum absolute atomic E-state index is 11.8. The predicted octanol–water partition coefficient (Wildman–Crippen LogP) is 2.07. The van der Waals surface area contributed by atoms with Crippen LogP contribution in [0, 0.1) is 0 Å². The summed E-state index contributed by atoms with van der Waals surface area (Å²) in [5.41, 5.74) is 1.10. The summed E-state index contributed by atoms with van der Waals surface area (Å²) in [5.74, 6) is 1.15. The van der Waals surface area contributed by atoms with Crippen LogP contribution in [0.15, 0.2) is 34.8 Å². The molecule has 0 N–H and O–H groups in total. The van der Waals surface area contributed by atoms with Crippen molar-refractivity contribution in [1.82, 2.24) is 0 Å². The van der Waals surface area contributed by atoms with Crippen molar-refractivity contribution in [3.05, 3.63) is 34.8 Å². The van der Waals surface area contributed by atoms with Gasteiger partial charge in [0.25, 0.3) is 0 Å². The average Bonchev–Trinajstić information content (AvgIpc) is 2.36. The number of hydrogen-bond donors (Lipinski definition) is 0. The molecule has 0 aromatic carbocycles. The van der Waals surface area contributed by atoms with Gasteiger partial charge in [-0.15, -0.1) is 0 Å². The molecule has 2 rings (SSSR count). The number of allylic oxidation sites excluding steroid dienone is 4. The molecular weight excluding hydrogens is 232 g/mol. The zero-order valence-corrected chi connectivity index (χ0v) is 10.6. The van der Waals surface area contributed by atoms with Gasteiger partial charge in [-0.25, -0.2) is 0 Å². The summed E-state index contributed by atoms with van der Waals surface area (Å²) in [6.45, 7) is 4.81. The zero-order chi connectivity index (χ0) is 13.1. The van der Waals surface area contributed by atoms with Crippen molar-refractivity contribution in [2.45, 2.75) is 26.7 Å². The summed E-state index contributed by atoms with van der Waals surface area (Å²) in [6, 6.07) is 0. The van der Waals surface area contributed by atoms with Gasteiger partial charge in [0.05, 0.1) is 13.2 Å². The van der Waals surface area contributed by atoms with Gasteiger partial charge in [-0.3, -0.25) is 9.59 Å². The third kappa shape index (κ3) is 2.23. The predicted molar refractivity (Wildman–Crippen MR) is 65.7 cm³/mol. The normalized spacial score (nSPS) is 19.2. The lowest BCUT2D eigenvalue weighted by molar-refractivity contribution is -0.115. The van der Waals surface area contributed by atoms with E-state index in [-0.39, 0.29) is 11.6 Å². The largest absolute Gasteiger partial charge is 0.494 e. The van der Waals surface area contributed by atoms with Gasteiger partial charge in [-0.2, -0.15) is 0 Å². The smallest absolute Gasteiger partial charge is 0.182 e. The molecule has 0 aromatic rings. The van der Waals surface area contributed by atoms with Crippen molar-refractivity contribution < 1.29 is 19.1 Å². The number of ketones is 2. The van der Waals surface area contributed by atoms with Crippen LogP contribution in [0.1, 0.15) is 26.7 Å². The van der Waals surface area contributed by atoms with Gasteiger partial charge >= 0.3 is 0 Å². The Balaban J connectivity index is 2.30. The van der Waals surface area contributed by atoms with Crippen LogP contribution in [0.4, 0.5) is 0 Å². The molecule has 0 aliphatic heterocycles. The SMILES string of the molecule is CCOC1=C(OCC)CC2=C(C1)C(=O)C=CC2=O. The molecule has 0 aromatic heterocycles. The molecule has 0 unspecified atom stereocenters. The molecule has 96 valence electrons. The van der Waals surface area contributed by atoms with E-state index in [2.05, 4.69) is 0 Å². The van der Waals surface area contributed by atoms with E-state index in [9.17, 15) is 9.59 Å². The van der Waals surface area contributed by atoms with Crippen LogP contribution in [0.3, 0.4) is 0 Å². The minimum absolute atomic E-state index is 0.0997. The van der Waals surface area contributed by atoms with E-state index < -0.39 is 0 Å². The Morgan fingerprint density at radius 1 is 0.889 bits per heavy atom. The summed E-state index contributed by atoms with van der Waals surface area (Å²) < 4.78 is 11.0. The number of carbonyl (C=O) groups is 2. The van der Waals surface area contributed by atoms with E-state index in [1.54, 1.807) is 0 Å². The van der Waals surface area contributed by atoms with E-state index in [0.717, 1.165) is 0 Å². The maximum atomic E-state index is 11.8. The molecule has 4 nitrogen and oxygen atoms in total. The highest BCUT2D eigenvalue weighted by molar-refractivity contribution is 6.20. The quantitative estimate of drug-likeness (QED) is 0.715. The van der Waals surface area contributed by atoms with E-state index >= 15 is 0 Å². The highest BCUT2D eigenvalue weighted by Crippen LogP contribution is 2.34. The molecule has 0 radical (unpaired) electrons. The van der Waals surface area contributed by atoms with Crippen molar-refractivity contribution >= 4 is 11.6 Å². The molecular formula is C14H16O4. The summed E-state index contributed by atoms with van der Waals surface area (Å²) >= 11 is 0. The Morgan fingerprint density at radius 2 is 1.28 bits per heavy atom. The lowest BCUT2D eigenvalue weighted by atomic mass is 9.85. The molecule has 0 fully saturated rings. The summed E-state index contributed by atoms with van der Waals surface area (Å²) in [4.78, 5) is 23.5. The summed E-state index contributed by atoms with van der Waals surface area (Å²) in [6.07, 6.45) is 3.37. The molecule has 0 saturated carbocycles. The molecule has 0 amide bonds. The van der Waals surface area contributed by atoms with Crippen molar-refractivity contribution in [2.24, 2.45) is 0 Å². The molecule has 4 heteroatoms. The molecule has 0 saturated heterocycles. The number of carbonyl (C=O) groups excluding carboxylic acids is 2. The third-order valence-electron chi connectivity index (χ3n) is 2.97. The molecule has 0 heterocycles. The van der Waals surface area contributed by atoms with Crippen molar-refractivity contribution in [3.63, 3.8) is 0 Å². The molecule has 0 spiro atoms. The van der Waals surface area contributed by atoms with Crippen LogP contribution in [-0.4, -0.2) is 24.8 Å². The highest BCUT2D eigenvalue weighted by atomic mass is 16.5. The van der Waals surface area contributed by atoms with Gasteiger partial charge in [-0.1, -0.05) is 0 Å². The van der Waals surface area contributed by atoms with Crippen LogP contribution in [-0.2, 0) is 19.1 Å². The van der Waals surface area contributed by atoms with Gasteiger partial charge in [0.15, 0.2) is 11.6 Å². The second-order valence-corrected chi connectivity index (χ2v) is 4.08. The number of rotatable bonds is 4. The van der Waals surface area contributed by atoms with E-state index in [4.69, 9.17) is 9.47 Å². The van der Waals surface area contributed by atoms with Crippen molar-refractivity contribution in [2.75, 3.05) is 13.2 Å².